The quantitative estimate of drug-likeness (QED) is 0.587. The number of allylic oxidation sites excluding steroid dienone is 1. The van der Waals surface area contributed by atoms with Crippen LogP contribution in [-0.2, 0) is 13.0 Å². The second-order valence-corrected chi connectivity index (χ2v) is 4.61. The van der Waals surface area contributed by atoms with Gasteiger partial charge in [-0.3, -0.25) is 0 Å². The molecule has 1 heterocycles. The van der Waals surface area contributed by atoms with Crippen molar-refractivity contribution in [2.45, 2.75) is 19.9 Å². The normalized spacial score (nSPS) is 11.2. The minimum absolute atomic E-state index is 0.932. The number of rotatable bonds is 3. The number of fused-ring (bicyclic) bond motifs is 3. The van der Waals surface area contributed by atoms with Crippen molar-refractivity contribution in [3.8, 4) is 0 Å². The van der Waals surface area contributed by atoms with E-state index < -0.39 is 0 Å². The molecule has 0 saturated heterocycles. The van der Waals surface area contributed by atoms with Gasteiger partial charge in [-0.2, -0.15) is 0 Å². The van der Waals surface area contributed by atoms with Crippen molar-refractivity contribution in [2.24, 2.45) is 0 Å². The Labute approximate surface area is 107 Å². The third-order valence-corrected chi connectivity index (χ3v) is 3.53. The molecule has 0 radical (unpaired) electrons. The van der Waals surface area contributed by atoms with Gasteiger partial charge in [0.05, 0.1) is 0 Å². The summed E-state index contributed by atoms with van der Waals surface area (Å²) in [6.45, 7) is 7.02. The summed E-state index contributed by atoms with van der Waals surface area (Å²) in [6, 6.07) is 15.4. The lowest BCUT2D eigenvalue weighted by Gasteiger charge is -2.03. The zero-order valence-corrected chi connectivity index (χ0v) is 10.7. The van der Waals surface area contributed by atoms with Crippen LogP contribution >= 0.6 is 0 Å². The van der Waals surface area contributed by atoms with E-state index in [0.717, 1.165) is 13.0 Å². The van der Waals surface area contributed by atoms with Gasteiger partial charge in [-0.05, 0) is 37.1 Å². The SMILES string of the molecule is C=CCc1ccc2c(c1)c1ccccc1n2CC. The highest BCUT2D eigenvalue weighted by molar-refractivity contribution is 6.08. The molecule has 1 nitrogen and oxygen atoms in total. The molecule has 2 aromatic carbocycles. The molecule has 0 aliphatic heterocycles. The van der Waals surface area contributed by atoms with Gasteiger partial charge in [0.25, 0.3) is 0 Å². The standard InChI is InChI=1S/C17H17N/c1-3-7-13-10-11-17-15(12-13)14-8-5-6-9-16(14)18(17)4-2/h3,5-6,8-12H,1,4,7H2,2H3. The second-order valence-electron chi connectivity index (χ2n) is 4.61. The Bertz CT molecular complexity index is 719. The molecule has 0 saturated carbocycles. The van der Waals surface area contributed by atoms with Crippen LogP contribution in [0.15, 0.2) is 55.1 Å². The molecule has 0 unspecified atom stereocenters. The van der Waals surface area contributed by atoms with Crippen molar-refractivity contribution in [1.29, 1.82) is 0 Å². The average Bonchev–Trinajstić information content (AvgIpc) is 2.72. The predicted octanol–water partition coefficient (Wildman–Crippen LogP) is 4.54. The molecule has 0 fully saturated rings. The number of hydrogen-bond donors (Lipinski definition) is 0. The maximum Gasteiger partial charge on any atom is 0.0491 e. The summed E-state index contributed by atoms with van der Waals surface area (Å²) in [7, 11) is 0. The number of aryl methyl sites for hydroxylation is 1. The Balaban J connectivity index is 2.40. The minimum atomic E-state index is 0.932. The number of benzene rings is 2. The molecule has 1 heteroatoms. The van der Waals surface area contributed by atoms with Crippen LogP contribution in [0.2, 0.25) is 0 Å². The van der Waals surface area contributed by atoms with Gasteiger partial charge in [-0.1, -0.05) is 30.3 Å². The van der Waals surface area contributed by atoms with Gasteiger partial charge < -0.3 is 4.57 Å². The number of para-hydroxylation sites is 1. The van der Waals surface area contributed by atoms with E-state index in [1.807, 2.05) is 6.08 Å². The van der Waals surface area contributed by atoms with Crippen molar-refractivity contribution < 1.29 is 0 Å². The van der Waals surface area contributed by atoms with E-state index in [4.69, 9.17) is 0 Å². The van der Waals surface area contributed by atoms with Crippen molar-refractivity contribution >= 4 is 21.8 Å². The molecule has 0 N–H and O–H groups in total. The summed E-state index contributed by atoms with van der Waals surface area (Å²) in [5.74, 6) is 0. The topological polar surface area (TPSA) is 4.93 Å². The predicted molar refractivity (Wildman–Crippen MR) is 79.0 cm³/mol. The molecule has 90 valence electrons. The van der Waals surface area contributed by atoms with E-state index in [1.54, 1.807) is 0 Å². The largest absolute Gasteiger partial charge is 0.341 e. The van der Waals surface area contributed by atoms with Crippen LogP contribution in [0, 0.1) is 0 Å². The van der Waals surface area contributed by atoms with Crippen LogP contribution in [0.1, 0.15) is 12.5 Å². The van der Waals surface area contributed by atoms with Gasteiger partial charge in [0.1, 0.15) is 0 Å². The number of hydrogen-bond acceptors (Lipinski definition) is 0. The lowest BCUT2D eigenvalue weighted by atomic mass is 10.1. The van der Waals surface area contributed by atoms with Gasteiger partial charge in [-0.25, -0.2) is 0 Å². The highest BCUT2D eigenvalue weighted by Crippen LogP contribution is 2.29. The summed E-state index contributed by atoms with van der Waals surface area (Å²) >= 11 is 0. The Kier molecular flexibility index (Phi) is 2.67. The molecule has 1 aromatic heterocycles. The molecule has 0 bridgehead atoms. The zero-order chi connectivity index (χ0) is 12.5. The minimum Gasteiger partial charge on any atom is -0.341 e. The molecule has 3 rings (SSSR count). The van der Waals surface area contributed by atoms with Crippen LogP contribution in [0.4, 0.5) is 0 Å². The summed E-state index contributed by atoms with van der Waals surface area (Å²) < 4.78 is 2.38. The molecule has 0 aliphatic rings. The molecule has 3 aromatic rings. The van der Waals surface area contributed by atoms with Crippen LogP contribution in [0.5, 0.6) is 0 Å². The van der Waals surface area contributed by atoms with E-state index in [1.165, 1.54) is 27.4 Å². The molecule has 0 spiro atoms. The van der Waals surface area contributed by atoms with Crippen molar-refractivity contribution in [2.75, 3.05) is 0 Å². The Morgan fingerprint density at radius 2 is 1.83 bits per heavy atom. The fourth-order valence-corrected chi connectivity index (χ4v) is 2.74. The van der Waals surface area contributed by atoms with Gasteiger partial charge >= 0.3 is 0 Å². The monoisotopic (exact) mass is 235 g/mol. The molecule has 0 atom stereocenters. The first-order chi connectivity index (χ1) is 8.85. The first-order valence-corrected chi connectivity index (χ1v) is 6.46. The number of nitrogens with zero attached hydrogens (tertiary/aromatic N) is 1. The molecular weight excluding hydrogens is 218 g/mol. The van der Waals surface area contributed by atoms with E-state index >= 15 is 0 Å². The average molecular weight is 235 g/mol. The summed E-state index contributed by atoms with van der Waals surface area (Å²) in [4.78, 5) is 0. The van der Waals surface area contributed by atoms with Crippen LogP contribution in [0.25, 0.3) is 21.8 Å². The highest BCUT2D eigenvalue weighted by Gasteiger charge is 2.08. The first-order valence-electron chi connectivity index (χ1n) is 6.46. The Morgan fingerprint density at radius 3 is 2.61 bits per heavy atom. The molecule has 0 amide bonds. The fourth-order valence-electron chi connectivity index (χ4n) is 2.74. The Morgan fingerprint density at radius 1 is 1.06 bits per heavy atom. The summed E-state index contributed by atoms with van der Waals surface area (Å²) in [5.41, 5.74) is 3.98. The maximum absolute atomic E-state index is 3.81. The second kappa shape index (κ2) is 4.34. The van der Waals surface area contributed by atoms with E-state index in [-0.39, 0.29) is 0 Å². The zero-order valence-electron chi connectivity index (χ0n) is 10.7. The van der Waals surface area contributed by atoms with Gasteiger partial charge in [0.2, 0.25) is 0 Å². The van der Waals surface area contributed by atoms with Gasteiger partial charge in [-0.15, -0.1) is 6.58 Å². The lowest BCUT2D eigenvalue weighted by Crippen LogP contribution is -1.92. The van der Waals surface area contributed by atoms with Crippen LogP contribution in [-0.4, -0.2) is 4.57 Å². The van der Waals surface area contributed by atoms with Crippen LogP contribution in [0.3, 0.4) is 0 Å². The molecule has 18 heavy (non-hydrogen) atoms. The van der Waals surface area contributed by atoms with Crippen molar-refractivity contribution in [1.82, 2.24) is 4.57 Å². The third-order valence-electron chi connectivity index (χ3n) is 3.53. The molecule has 0 aliphatic carbocycles. The van der Waals surface area contributed by atoms with Gasteiger partial charge in [0, 0.05) is 28.4 Å². The van der Waals surface area contributed by atoms with E-state index in [2.05, 4.69) is 60.5 Å². The van der Waals surface area contributed by atoms with Crippen LogP contribution < -0.4 is 0 Å². The van der Waals surface area contributed by atoms with Crippen molar-refractivity contribution in [3.63, 3.8) is 0 Å². The fraction of sp³-hybridized carbons (Fsp3) is 0.176. The lowest BCUT2D eigenvalue weighted by molar-refractivity contribution is 0.827. The number of aromatic nitrogens is 1. The summed E-state index contributed by atoms with van der Waals surface area (Å²) in [5, 5.41) is 2.70. The maximum atomic E-state index is 3.81. The molecular formula is C17H17N. The highest BCUT2D eigenvalue weighted by atomic mass is 15.0. The first kappa shape index (κ1) is 11.1. The third kappa shape index (κ3) is 1.55. The van der Waals surface area contributed by atoms with Gasteiger partial charge in [0.15, 0.2) is 0 Å². The smallest absolute Gasteiger partial charge is 0.0491 e. The summed E-state index contributed by atoms with van der Waals surface area (Å²) in [6.07, 6.45) is 2.89. The van der Waals surface area contributed by atoms with Crippen molar-refractivity contribution in [3.05, 3.63) is 60.7 Å². The van der Waals surface area contributed by atoms with E-state index in [9.17, 15) is 0 Å². The van der Waals surface area contributed by atoms with E-state index in [0.29, 0.717) is 0 Å². The Hall–Kier alpha value is -2.02.